The first-order chi connectivity index (χ1) is 15.0. The normalized spacial score (nSPS) is 27.5. The smallest absolute Gasteiger partial charge is 0.335 e. The minimum Gasteiger partial charge on any atom is -0.494 e. The molecular weight excluding hydrogens is 386 g/mol. The molecule has 3 aliphatic rings. The summed E-state index contributed by atoms with van der Waals surface area (Å²) in [7, 11) is 0. The fourth-order valence-corrected chi connectivity index (χ4v) is 6.05. The monoisotopic (exact) mass is 419 g/mol. The lowest BCUT2D eigenvalue weighted by Gasteiger charge is -2.56. The number of nitrogens with zero attached hydrogens (tertiary/aromatic N) is 1. The Morgan fingerprint density at radius 2 is 1.97 bits per heavy atom. The van der Waals surface area contributed by atoms with E-state index >= 15 is 0 Å². The Labute approximate surface area is 185 Å². The van der Waals surface area contributed by atoms with Gasteiger partial charge in [0.05, 0.1) is 12.2 Å². The molecule has 5 rings (SSSR count). The number of hydrogen-bond acceptors (Lipinski definition) is 3. The van der Waals surface area contributed by atoms with E-state index in [0.717, 1.165) is 18.1 Å². The molecule has 0 unspecified atom stereocenters. The Balaban J connectivity index is 1.37. The van der Waals surface area contributed by atoms with Gasteiger partial charge in [0.2, 0.25) is 0 Å². The SMILES string of the molecule is Cc1ccc2c(c1)[C@@]1(CCOc3ccc(C(=O)O)cc3)CCN(CC3CC3)[C@H](C2)[C@@H]1C. The van der Waals surface area contributed by atoms with Crippen LogP contribution >= 0.6 is 0 Å². The van der Waals surface area contributed by atoms with Crippen LogP contribution in [-0.2, 0) is 11.8 Å². The predicted octanol–water partition coefficient (Wildman–Crippen LogP) is 5.08. The van der Waals surface area contributed by atoms with Crippen molar-refractivity contribution in [3.05, 3.63) is 64.7 Å². The summed E-state index contributed by atoms with van der Waals surface area (Å²) >= 11 is 0. The summed E-state index contributed by atoms with van der Waals surface area (Å²) in [6.45, 7) is 7.79. The van der Waals surface area contributed by atoms with Crippen LogP contribution in [0.5, 0.6) is 5.75 Å². The second-order valence-electron chi connectivity index (χ2n) is 9.99. The zero-order valence-electron chi connectivity index (χ0n) is 18.6. The standard InChI is InChI=1S/C27H33NO3/c1-18-3-6-22-16-25-19(2)27(24(22)15-18,11-13-28(25)17-20-4-5-20)12-14-31-23-9-7-21(8-10-23)26(29)30/h3,6-10,15,19-20,25H,4-5,11-14,16-17H2,1-2H3,(H,29,30)/t19-,25+,27+/m0/s1. The number of fused-ring (bicyclic) bond motifs is 4. The molecular formula is C27H33NO3. The number of aryl methyl sites for hydroxylation is 1. The fourth-order valence-electron chi connectivity index (χ4n) is 6.05. The van der Waals surface area contributed by atoms with Gasteiger partial charge in [0.1, 0.15) is 5.75 Å². The zero-order valence-corrected chi connectivity index (χ0v) is 18.6. The molecule has 2 aromatic carbocycles. The molecule has 1 heterocycles. The van der Waals surface area contributed by atoms with E-state index in [-0.39, 0.29) is 5.41 Å². The van der Waals surface area contributed by atoms with Gasteiger partial charge in [0, 0.05) is 18.0 Å². The van der Waals surface area contributed by atoms with Gasteiger partial charge in [-0.3, -0.25) is 4.90 Å². The van der Waals surface area contributed by atoms with E-state index < -0.39 is 5.97 Å². The molecule has 3 atom stereocenters. The van der Waals surface area contributed by atoms with Crippen molar-refractivity contribution in [2.24, 2.45) is 11.8 Å². The third-order valence-electron chi connectivity index (χ3n) is 8.10. The second kappa shape index (κ2) is 7.98. The molecule has 2 aromatic rings. The van der Waals surface area contributed by atoms with Crippen LogP contribution in [0.3, 0.4) is 0 Å². The Morgan fingerprint density at radius 1 is 1.19 bits per heavy atom. The van der Waals surface area contributed by atoms with Crippen molar-refractivity contribution in [1.29, 1.82) is 0 Å². The van der Waals surface area contributed by atoms with Crippen LogP contribution in [0, 0.1) is 18.8 Å². The minimum absolute atomic E-state index is 0.158. The van der Waals surface area contributed by atoms with Crippen molar-refractivity contribution in [3.8, 4) is 5.75 Å². The first kappa shape index (κ1) is 20.6. The minimum atomic E-state index is -0.905. The number of aromatic carboxylic acids is 1. The van der Waals surface area contributed by atoms with E-state index in [1.165, 1.54) is 49.9 Å². The van der Waals surface area contributed by atoms with Crippen molar-refractivity contribution >= 4 is 5.97 Å². The van der Waals surface area contributed by atoms with Crippen LogP contribution < -0.4 is 4.74 Å². The number of hydrogen-bond donors (Lipinski definition) is 1. The lowest BCUT2D eigenvalue weighted by molar-refractivity contribution is 0.00997. The maximum atomic E-state index is 11.1. The number of benzene rings is 2. The number of carboxylic acids is 1. The molecule has 2 aliphatic carbocycles. The molecule has 0 spiro atoms. The first-order valence-corrected chi connectivity index (χ1v) is 11.8. The van der Waals surface area contributed by atoms with Gasteiger partial charge in [0.15, 0.2) is 0 Å². The zero-order chi connectivity index (χ0) is 21.6. The number of carboxylic acid groups (broad SMARTS) is 1. The number of likely N-dealkylation sites (tertiary alicyclic amines) is 1. The predicted molar refractivity (Wildman–Crippen MR) is 122 cm³/mol. The molecule has 1 N–H and O–H groups in total. The van der Waals surface area contributed by atoms with Crippen LogP contribution in [0.1, 0.15) is 59.7 Å². The molecule has 0 radical (unpaired) electrons. The van der Waals surface area contributed by atoms with Crippen molar-refractivity contribution in [2.75, 3.05) is 19.7 Å². The number of rotatable bonds is 7. The van der Waals surface area contributed by atoms with Crippen molar-refractivity contribution < 1.29 is 14.6 Å². The number of carbonyl (C=O) groups is 1. The molecule has 1 saturated heterocycles. The summed E-state index contributed by atoms with van der Waals surface area (Å²) in [4.78, 5) is 13.9. The fraction of sp³-hybridized carbons (Fsp3) is 0.519. The third-order valence-corrected chi connectivity index (χ3v) is 8.10. The summed E-state index contributed by atoms with van der Waals surface area (Å²) in [5.74, 6) is 1.37. The molecule has 2 fully saturated rings. The lowest BCUT2D eigenvalue weighted by Crippen LogP contribution is -2.59. The second-order valence-corrected chi connectivity index (χ2v) is 9.99. The molecule has 0 amide bonds. The van der Waals surface area contributed by atoms with Crippen LogP contribution in [0.4, 0.5) is 0 Å². The molecule has 4 heteroatoms. The molecule has 1 saturated carbocycles. The van der Waals surface area contributed by atoms with E-state index in [0.29, 0.717) is 24.1 Å². The van der Waals surface area contributed by atoms with Crippen LogP contribution in [-0.4, -0.2) is 41.7 Å². The number of ether oxygens (including phenoxy) is 1. The first-order valence-electron chi connectivity index (χ1n) is 11.8. The van der Waals surface area contributed by atoms with Gasteiger partial charge in [-0.1, -0.05) is 30.7 Å². The van der Waals surface area contributed by atoms with Gasteiger partial charge < -0.3 is 9.84 Å². The highest BCUT2D eigenvalue weighted by Gasteiger charge is 2.51. The molecule has 4 nitrogen and oxygen atoms in total. The van der Waals surface area contributed by atoms with Gasteiger partial charge in [-0.15, -0.1) is 0 Å². The third kappa shape index (κ3) is 3.87. The summed E-state index contributed by atoms with van der Waals surface area (Å²) < 4.78 is 6.12. The average molecular weight is 420 g/mol. The summed E-state index contributed by atoms with van der Waals surface area (Å²) in [6, 6.07) is 14.5. The van der Waals surface area contributed by atoms with Gasteiger partial charge in [-0.05, 0) is 92.8 Å². The van der Waals surface area contributed by atoms with Crippen molar-refractivity contribution in [2.45, 2.75) is 57.4 Å². The molecule has 2 bridgehead atoms. The van der Waals surface area contributed by atoms with E-state index in [4.69, 9.17) is 9.84 Å². The number of piperidine rings is 1. The average Bonchev–Trinajstić information content (AvgIpc) is 3.57. The van der Waals surface area contributed by atoms with E-state index in [1.807, 2.05) is 0 Å². The van der Waals surface area contributed by atoms with Gasteiger partial charge in [-0.25, -0.2) is 4.79 Å². The van der Waals surface area contributed by atoms with Gasteiger partial charge in [0.25, 0.3) is 0 Å². The maximum Gasteiger partial charge on any atom is 0.335 e. The lowest BCUT2D eigenvalue weighted by atomic mass is 9.56. The van der Waals surface area contributed by atoms with Crippen LogP contribution in [0.15, 0.2) is 42.5 Å². The Hall–Kier alpha value is -2.33. The highest BCUT2D eigenvalue weighted by molar-refractivity contribution is 5.87. The Kier molecular flexibility index (Phi) is 5.29. The quantitative estimate of drug-likeness (QED) is 0.680. The summed E-state index contributed by atoms with van der Waals surface area (Å²) in [5, 5.41) is 9.10. The van der Waals surface area contributed by atoms with Gasteiger partial charge in [-0.2, -0.15) is 0 Å². The highest BCUT2D eigenvalue weighted by atomic mass is 16.5. The molecule has 31 heavy (non-hydrogen) atoms. The maximum absolute atomic E-state index is 11.1. The summed E-state index contributed by atoms with van der Waals surface area (Å²) in [6.07, 6.45) is 6.18. The van der Waals surface area contributed by atoms with E-state index in [2.05, 4.69) is 36.9 Å². The summed E-state index contributed by atoms with van der Waals surface area (Å²) in [5.41, 5.74) is 4.87. The molecule has 164 valence electrons. The van der Waals surface area contributed by atoms with Crippen LogP contribution in [0.2, 0.25) is 0 Å². The Morgan fingerprint density at radius 3 is 2.68 bits per heavy atom. The van der Waals surface area contributed by atoms with E-state index in [9.17, 15) is 4.79 Å². The van der Waals surface area contributed by atoms with E-state index in [1.54, 1.807) is 29.8 Å². The highest BCUT2D eigenvalue weighted by Crippen LogP contribution is 2.51. The largest absolute Gasteiger partial charge is 0.494 e. The molecule has 1 aliphatic heterocycles. The Bertz CT molecular complexity index is 965. The van der Waals surface area contributed by atoms with Gasteiger partial charge >= 0.3 is 5.97 Å². The van der Waals surface area contributed by atoms with Crippen LogP contribution in [0.25, 0.3) is 0 Å². The molecule has 0 aromatic heterocycles. The van der Waals surface area contributed by atoms with Crippen molar-refractivity contribution in [3.63, 3.8) is 0 Å². The topological polar surface area (TPSA) is 49.8 Å². The van der Waals surface area contributed by atoms with Crippen molar-refractivity contribution in [1.82, 2.24) is 4.90 Å².